The molecule has 2 rings (SSSR count). The number of aromatic nitrogens is 1. The Kier molecular flexibility index (Phi) is 3.52. The van der Waals surface area contributed by atoms with Gasteiger partial charge in [0.15, 0.2) is 5.82 Å². The number of alkyl halides is 2. The molecule has 0 saturated heterocycles. The molecular formula is C13H15F3N2O. The third-order valence-electron chi connectivity index (χ3n) is 3.63. The van der Waals surface area contributed by atoms with E-state index in [1.165, 1.54) is 13.1 Å². The monoisotopic (exact) mass is 272 g/mol. The van der Waals surface area contributed by atoms with Gasteiger partial charge in [-0.3, -0.25) is 9.78 Å². The molecule has 1 aromatic heterocycles. The van der Waals surface area contributed by atoms with Crippen LogP contribution in [0, 0.1) is 12.7 Å². The van der Waals surface area contributed by atoms with Crippen LogP contribution >= 0.6 is 0 Å². The van der Waals surface area contributed by atoms with Crippen molar-refractivity contribution in [3.05, 3.63) is 28.8 Å². The smallest absolute Gasteiger partial charge is 0.252 e. The third kappa shape index (κ3) is 2.72. The summed E-state index contributed by atoms with van der Waals surface area (Å²) >= 11 is 0. The van der Waals surface area contributed by atoms with Crippen LogP contribution < -0.4 is 5.73 Å². The summed E-state index contributed by atoms with van der Waals surface area (Å²) in [4.78, 5) is 15.2. The summed E-state index contributed by atoms with van der Waals surface area (Å²) in [7, 11) is 0. The highest BCUT2D eigenvalue weighted by Crippen LogP contribution is 2.41. The Balaban J connectivity index is 2.36. The van der Waals surface area contributed by atoms with Crippen LogP contribution in [0.5, 0.6) is 0 Å². The molecule has 0 aliphatic heterocycles. The lowest BCUT2D eigenvalue weighted by Crippen LogP contribution is -2.26. The molecule has 1 fully saturated rings. The van der Waals surface area contributed by atoms with Gasteiger partial charge < -0.3 is 5.73 Å². The Morgan fingerprint density at radius 2 is 2.00 bits per heavy atom. The summed E-state index contributed by atoms with van der Waals surface area (Å²) in [6, 6.07) is 0. The molecule has 1 aliphatic carbocycles. The molecule has 0 radical (unpaired) electrons. The van der Waals surface area contributed by atoms with Gasteiger partial charge in [0.1, 0.15) is 0 Å². The van der Waals surface area contributed by atoms with Crippen LogP contribution in [-0.2, 0) is 0 Å². The van der Waals surface area contributed by atoms with E-state index in [2.05, 4.69) is 4.98 Å². The first kappa shape index (κ1) is 13.8. The van der Waals surface area contributed by atoms with Gasteiger partial charge in [0.25, 0.3) is 5.91 Å². The maximum absolute atomic E-state index is 13.9. The van der Waals surface area contributed by atoms with Crippen LogP contribution in [0.3, 0.4) is 0 Å². The van der Waals surface area contributed by atoms with Crippen molar-refractivity contribution < 1.29 is 18.0 Å². The van der Waals surface area contributed by atoms with E-state index in [0.717, 1.165) is 0 Å². The second-order valence-corrected chi connectivity index (χ2v) is 4.98. The van der Waals surface area contributed by atoms with Crippen LogP contribution in [0.1, 0.15) is 53.2 Å². The van der Waals surface area contributed by atoms with Crippen LogP contribution in [0.2, 0.25) is 0 Å². The topological polar surface area (TPSA) is 56.0 Å². The minimum Gasteiger partial charge on any atom is -0.365 e. The van der Waals surface area contributed by atoms with Crippen LogP contribution in [0.25, 0.3) is 0 Å². The fraction of sp³-hybridized carbons (Fsp3) is 0.538. The van der Waals surface area contributed by atoms with Gasteiger partial charge in [-0.2, -0.15) is 0 Å². The van der Waals surface area contributed by atoms with E-state index in [-0.39, 0.29) is 42.9 Å². The molecule has 3 nitrogen and oxygen atoms in total. The van der Waals surface area contributed by atoms with Gasteiger partial charge in [-0.1, -0.05) is 0 Å². The Morgan fingerprint density at radius 3 is 2.53 bits per heavy atom. The molecule has 0 spiro atoms. The molecule has 19 heavy (non-hydrogen) atoms. The van der Waals surface area contributed by atoms with Crippen molar-refractivity contribution in [3.63, 3.8) is 0 Å². The van der Waals surface area contributed by atoms with E-state index in [1.807, 2.05) is 0 Å². The predicted molar refractivity (Wildman–Crippen MR) is 63.6 cm³/mol. The number of pyridine rings is 1. The molecule has 1 saturated carbocycles. The zero-order valence-electron chi connectivity index (χ0n) is 10.5. The molecule has 0 aromatic carbocycles. The summed E-state index contributed by atoms with van der Waals surface area (Å²) in [6.45, 7) is 1.43. The second-order valence-electron chi connectivity index (χ2n) is 4.98. The SMILES string of the molecule is Cc1ncc(C2CCC(F)(F)CC2)c(C(N)=O)c1F. The number of rotatable bonds is 2. The fourth-order valence-corrected chi connectivity index (χ4v) is 2.51. The standard InChI is InChI=1S/C13H15F3N2O/c1-7-11(14)10(12(17)19)9(6-18-7)8-2-4-13(15,16)5-3-8/h6,8H,2-5H2,1H3,(H2,17,19). The van der Waals surface area contributed by atoms with Gasteiger partial charge in [-0.15, -0.1) is 0 Å². The van der Waals surface area contributed by atoms with E-state index in [4.69, 9.17) is 5.73 Å². The number of primary amides is 1. The normalized spacial score (nSPS) is 19.4. The van der Waals surface area contributed by atoms with E-state index >= 15 is 0 Å². The summed E-state index contributed by atoms with van der Waals surface area (Å²) in [6.07, 6.45) is 1.28. The predicted octanol–water partition coefficient (Wildman–Crippen LogP) is 2.92. The molecule has 0 atom stereocenters. The average molecular weight is 272 g/mol. The number of carbonyl (C=O) groups excluding carboxylic acids is 1. The van der Waals surface area contributed by atoms with Crippen molar-refractivity contribution in [3.8, 4) is 0 Å². The Labute approximate surface area is 109 Å². The number of aryl methyl sites for hydroxylation is 1. The van der Waals surface area contributed by atoms with E-state index in [1.54, 1.807) is 0 Å². The number of hydrogen-bond acceptors (Lipinski definition) is 2. The minimum atomic E-state index is -2.67. The van der Waals surface area contributed by atoms with Crippen LogP contribution in [0.4, 0.5) is 13.2 Å². The lowest BCUT2D eigenvalue weighted by molar-refractivity contribution is -0.0382. The maximum atomic E-state index is 13.9. The molecule has 1 heterocycles. The van der Waals surface area contributed by atoms with Crippen molar-refractivity contribution in [2.24, 2.45) is 5.73 Å². The molecule has 1 aliphatic rings. The number of halogens is 3. The molecule has 104 valence electrons. The second kappa shape index (κ2) is 4.83. The Bertz CT molecular complexity index is 507. The maximum Gasteiger partial charge on any atom is 0.252 e. The minimum absolute atomic E-state index is 0.0821. The number of nitrogens with zero attached hydrogens (tertiary/aromatic N) is 1. The van der Waals surface area contributed by atoms with Gasteiger partial charge in [0, 0.05) is 19.0 Å². The Hall–Kier alpha value is -1.59. The summed E-state index contributed by atoms with van der Waals surface area (Å²) < 4.78 is 40.1. The number of carbonyl (C=O) groups is 1. The first-order chi connectivity index (χ1) is 8.82. The number of amides is 1. The molecule has 1 amide bonds. The van der Waals surface area contributed by atoms with Crippen molar-refractivity contribution >= 4 is 5.91 Å². The van der Waals surface area contributed by atoms with Crippen molar-refractivity contribution in [1.29, 1.82) is 0 Å². The summed E-state index contributed by atoms with van der Waals surface area (Å²) in [5, 5.41) is 0. The summed E-state index contributed by atoms with van der Waals surface area (Å²) in [5.74, 6) is -4.58. The lowest BCUT2D eigenvalue weighted by Gasteiger charge is -2.29. The fourth-order valence-electron chi connectivity index (χ4n) is 2.51. The zero-order valence-corrected chi connectivity index (χ0v) is 10.5. The first-order valence-corrected chi connectivity index (χ1v) is 6.14. The molecule has 6 heteroatoms. The van der Waals surface area contributed by atoms with Gasteiger partial charge in [-0.05, 0) is 31.2 Å². The zero-order chi connectivity index (χ0) is 14.2. The van der Waals surface area contributed by atoms with Crippen LogP contribution in [-0.4, -0.2) is 16.8 Å². The highest BCUT2D eigenvalue weighted by atomic mass is 19.3. The largest absolute Gasteiger partial charge is 0.365 e. The van der Waals surface area contributed by atoms with E-state index in [0.29, 0.717) is 5.56 Å². The molecule has 2 N–H and O–H groups in total. The molecule has 0 unspecified atom stereocenters. The molecular weight excluding hydrogens is 257 g/mol. The molecule has 0 bridgehead atoms. The van der Waals surface area contributed by atoms with Gasteiger partial charge in [0.05, 0.1) is 11.3 Å². The molecule has 1 aromatic rings. The lowest BCUT2D eigenvalue weighted by atomic mass is 9.81. The van der Waals surface area contributed by atoms with Gasteiger partial charge >= 0.3 is 0 Å². The van der Waals surface area contributed by atoms with Gasteiger partial charge in [0.2, 0.25) is 5.92 Å². The highest BCUT2D eigenvalue weighted by Gasteiger charge is 2.37. The summed E-state index contributed by atoms with van der Waals surface area (Å²) in [5.41, 5.74) is 5.42. The van der Waals surface area contributed by atoms with Crippen molar-refractivity contribution in [1.82, 2.24) is 4.98 Å². The van der Waals surface area contributed by atoms with E-state index in [9.17, 15) is 18.0 Å². The quantitative estimate of drug-likeness (QED) is 0.900. The number of nitrogens with two attached hydrogens (primary N) is 1. The highest BCUT2D eigenvalue weighted by molar-refractivity contribution is 5.94. The van der Waals surface area contributed by atoms with Crippen molar-refractivity contribution in [2.45, 2.75) is 44.4 Å². The van der Waals surface area contributed by atoms with E-state index < -0.39 is 17.6 Å². The third-order valence-corrected chi connectivity index (χ3v) is 3.63. The average Bonchev–Trinajstić information content (AvgIpc) is 2.32. The van der Waals surface area contributed by atoms with Gasteiger partial charge in [-0.25, -0.2) is 13.2 Å². The van der Waals surface area contributed by atoms with Crippen LogP contribution in [0.15, 0.2) is 6.20 Å². The van der Waals surface area contributed by atoms with Crippen molar-refractivity contribution in [2.75, 3.05) is 0 Å². The Morgan fingerprint density at radius 1 is 1.42 bits per heavy atom. The number of hydrogen-bond donors (Lipinski definition) is 1. The first-order valence-electron chi connectivity index (χ1n) is 6.14.